The van der Waals surface area contributed by atoms with E-state index in [0.717, 1.165) is 32.7 Å². The predicted octanol–water partition coefficient (Wildman–Crippen LogP) is 2.64. The SMILES string of the molecule is CCNCc1ccc(CN(CC)CC)cc1. The van der Waals surface area contributed by atoms with Crippen molar-refractivity contribution in [1.82, 2.24) is 10.2 Å². The minimum Gasteiger partial charge on any atom is -0.313 e. The maximum atomic E-state index is 3.34. The summed E-state index contributed by atoms with van der Waals surface area (Å²) < 4.78 is 0. The van der Waals surface area contributed by atoms with Crippen LogP contribution in [0.3, 0.4) is 0 Å². The third-order valence-electron chi connectivity index (χ3n) is 2.90. The summed E-state index contributed by atoms with van der Waals surface area (Å²) in [4.78, 5) is 2.43. The van der Waals surface area contributed by atoms with Crippen LogP contribution in [0, 0.1) is 0 Å². The Morgan fingerprint density at radius 3 is 2.00 bits per heavy atom. The summed E-state index contributed by atoms with van der Waals surface area (Å²) in [6.45, 7) is 11.9. The van der Waals surface area contributed by atoms with Crippen molar-refractivity contribution < 1.29 is 0 Å². The van der Waals surface area contributed by atoms with E-state index in [1.807, 2.05) is 0 Å². The lowest BCUT2D eigenvalue weighted by atomic mass is 10.1. The molecule has 1 N–H and O–H groups in total. The molecule has 0 aliphatic carbocycles. The van der Waals surface area contributed by atoms with Crippen LogP contribution in [0.5, 0.6) is 0 Å². The molecule has 1 rings (SSSR count). The molecule has 1 aromatic carbocycles. The summed E-state index contributed by atoms with van der Waals surface area (Å²) in [5, 5.41) is 3.34. The molecule has 0 aliphatic heterocycles. The van der Waals surface area contributed by atoms with Crippen LogP contribution in [0.25, 0.3) is 0 Å². The van der Waals surface area contributed by atoms with Crippen LogP contribution < -0.4 is 5.32 Å². The van der Waals surface area contributed by atoms with Gasteiger partial charge in [-0.25, -0.2) is 0 Å². The highest BCUT2D eigenvalue weighted by Crippen LogP contribution is 2.07. The number of hydrogen-bond donors (Lipinski definition) is 1. The van der Waals surface area contributed by atoms with Gasteiger partial charge in [0.1, 0.15) is 0 Å². The van der Waals surface area contributed by atoms with Crippen LogP contribution in [0.1, 0.15) is 31.9 Å². The summed E-state index contributed by atoms with van der Waals surface area (Å²) in [6.07, 6.45) is 0. The van der Waals surface area contributed by atoms with Gasteiger partial charge in [-0.15, -0.1) is 0 Å². The van der Waals surface area contributed by atoms with Gasteiger partial charge in [-0.2, -0.15) is 0 Å². The Bertz CT molecular complexity index is 275. The fourth-order valence-electron chi connectivity index (χ4n) is 1.74. The van der Waals surface area contributed by atoms with E-state index in [0.29, 0.717) is 0 Å². The molecule has 0 amide bonds. The van der Waals surface area contributed by atoms with Gasteiger partial charge in [0, 0.05) is 13.1 Å². The molecule has 16 heavy (non-hydrogen) atoms. The van der Waals surface area contributed by atoms with Crippen molar-refractivity contribution in [2.24, 2.45) is 0 Å². The molecule has 0 bridgehead atoms. The van der Waals surface area contributed by atoms with Crippen LogP contribution in [-0.4, -0.2) is 24.5 Å². The second kappa shape index (κ2) is 7.42. The first-order chi connectivity index (χ1) is 7.80. The zero-order chi connectivity index (χ0) is 11.8. The van der Waals surface area contributed by atoms with E-state index in [1.54, 1.807) is 0 Å². The van der Waals surface area contributed by atoms with E-state index < -0.39 is 0 Å². The number of hydrogen-bond acceptors (Lipinski definition) is 2. The van der Waals surface area contributed by atoms with Crippen molar-refractivity contribution in [3.05, 3.63) is 35.4 Å². The van der Waals surface area contributed by atoms with Gasteiger partial charge in [0.2, 0.25) is 0 Å². The first-order valence-electron chi connectivity index (χ1n) is 6.31. The smallest absolute Gasteiger partial charge is 0.0233 e. The van der Waals surface area contributed by atoms with Gasteiger partial charge in [0.15, 0.2) is 0 Å². The minimum absolute atomic E-state index is 0.974. The van der Waals surface area contributed by atoms with E-state index in [4.69, 9.17) is 0 Å². The van der Waals surface area contributed by atoms with Crippen molar-refractivity contribution in [1.29, 1.82) is 0 Å². The lowest BCUT2D eigenvalue weighted by molar-refractivity contribution is 0.296. The Balaban J connectivity index is 2.50. The molecule has 0 saturated heterocycles. The van der Waals surface area contributed by atoms with Crippen LogP contribution in [-0.2, 0) is 13.1 Å². The molecule has 0 atom stereocenters. The van der Waals surface area contributed by atoms with Gasteiger partial charge < -0.3 is 5.32 Å². The summed E-state index contributed by atoms with van der Waals surface area (Å²) in [5.74, 6) is 0. The normalized spacial score (nSPS) is 11.0. The van der Waals surface area contributed by atoms with E-state index in [1.165, 1.54) is 11.1 Å². The third-order valence-corrected chi connectivity index (χ3v) is 2.90. The van der Waals surface area contributed by atoms with Crippen LogP contribution in [0.15, 0.2) is 24.3 Å². The Labute approximate surface area is 99.7 Å². The van der Waals surface area contributed by atoms with Gasteiger partial charge in [-0.05, 0) is 30.8 Å². The zero-order valence-electron chi connectivity index (χ0n) is 10.8. The third kappa shape index (κ3) is 4.33. The molecule has 0 radical (unpaired) electrons. The van der Waals surface area contributed by atoms with Crippen LogP contribution in [0.2, 0.25) is 0 Å². The van der Waals surface area contributed by atoms with E-state index >= 15 is 0 Å². The molecule has 0 heterocycles. The molecule has 0 spiro atoms. The number of nitrogens with zero attached hydrogens (tertiary/aromatic N) is 1. The summed E-state index contributed by atoms with van der Waals surface area (Å²) in [7, 11) is 0. The topological polar surface area (TPSA) is 15.3 Å². The molecule has 0 aromatic heterocycles. The lowest BCUT2D eigenvalue weighted by Crippen LogP contribution is -2.22. The predicted molar refractivity (Wildman–Crippen MR) is 70.4 cm³/mol. The Hall–Kier alpha value is -0.860. The quantitative estimate of drug-likeness (QED) is 0.760. The zero-order valence-corrected chi connectivity index (χ0v) is 10.8. The Morgan fingerprint density at radius 1 is 0.938 bits per heavy atom. The molecular weight excluding hydrogens is 196 g/mol. The largest absolute Gasteiger partial charge is 0.313 e. The van der Waals surface area contributed by atoms with Crippen molar-refractivity contribution in [2.75, 3.05) is 19.6 Å². The highest BCUT2D eigenvalue weighted by molar-refractivity contribution is 5.22. The van der Waals surface area contributed by atoms with Gasteiger partial charge in [-0.1, -0.05) is 45.0 Å². The molecule has 90 valence electrons. The summed E-state index contributed by atoms with van der Waals surface area (Å²) >= 11 is 0. The number of benzene rings is 1. The molecule has 0 fully saturated rings. The summed E-state index contributed by atoms with van der Waals surface area (Å²) in [5.41, 5.74) is 2.77. The van der Waals surface area contributed by atoms with E-state index in [2.05, 4.69) is 55.3 Å². The number of nitrogens with one attached hydrogen (secondary N) is 1. The average molecular weight is 220 g/mol. The van der Waals surface area contributed by atoms with E-state index in [-0.39, 0.29) is 0 Å². The maximum absolute atomic E-state index is 3.34. The van der Waals surface area contributed by atoms with Crippen LogP contribution in [0.4, 0.5) is 0 Å². The maximum Gasteiger partial charge on any atom is 0.0233 e. The molecule has 1 aromatic rings. The second-order valence-electron chi connectivity index (χ2n) is 4.06. The molecule has 0 aliphatic rings. The highest BCUT2D eigenvalue weighted by Gasteiger charge is 2.00. The van der Waals surface area contributed by atoms with Crippen molar-refractivity contribution in [3.8, 4) is 0 Å². The highest BCUT2D eigenvalue weighted by atomic mass is 15.1. The molecule has 2 heteroatoms. The first kappa shape index (κ1) is 13.2. The van der Waals surface area contributed by atoms with Crippen molar-refractivity contribution in [2.45, 2.75) is 33.9 Å². The molecule has 0 unspecified atom stereocenters. The minimum atomic E-state index is 0.974. The summed E-state index contributed by atoms with van der Waals surface area (Å²) in [6, 6.07) is 8.93. The van der Waals surface area contributed by atoms with Gasteiger partial charge >= 0.3 is 0 Å². The second-order valence-corrected chi connectivity index (χ2v) is 4.06. The fourth-order valence-corrected chi connectivity index (χ4v) is 1.74. The molecule has 2 nitrogen and oxygen atoms in total. The average Bonchev–Trinajstić information content (AvgIpc) is 2.35. The van der Waals surface area contributed by atoms with Crippen LogP contribution >= 0.6 is 0 Å². The first-order valence-corrected chi connectivity index (χ1v) is 6.31. The lowest BCUT2D eigenvalue weighted by Gasteiger charge is -2.18. The Kier molecular flexibility index (Phi) is 6.12. The number of rotatable bonds is 7. The van der Waals surface area contributed by atoms with E-state index in [9.17, 15) is 0 Å². The monoisotopic (exact) mass is 220 g/mol. The molecular formula is C14H24N2. The Morgan fingerprint density at radius 2 is 1.50 bits per heavy atom. The van der Waals surface area contributed by atoms with Gasteiger partial charge in [0.05, 0.1) is 0 Å². The van der Waals surface area contributed by atoms with Gasteiger partial charge in [0.25, 0.3) is 0 Å². The van der Waals surface area contributed by atoms with Gasteiger partial charge in [-0.3, -0.25) is 4.90 Å². The van der Waals surface area contributed by atoms with Crippen molar-refractivity contribution >= 4 is 0 Å². The van der Waals surface area contributed by atoms with Crippen molar-refractivity contribution in [3.63, 3.8) is 0 Å². The fraction of sp³-hybridized carbons (Fsp3) is 0.571. The standard InChI is InChI=1S/C14H24N2/c1-4-15-11-13-7-9-14(10-8-13)12-16(5-2)6-3/h7-10,15H,4-6,11-12H2,1-3H3. The molecule has 0 saturated carbocycles.